The molecular formula is C13H12BrN3OS. The molecule has 0 aliphatic rings. The first-order valence-electron chi connectivity index (χ1n) is 5.65. The lowest BCUT2D eigenvalue weighted by Gasteiger charge is -2.10. The lowest BCUT2D eigenvalue weighted by molar-refractivity contribution is -0.115. The molecule has 19 heavy (non-hydrogen) atoms. The van der Waals surface area contributed by atoms with Gasteiger partial charge in [-0.2, -0.15) is 0 Å². The summed E-state index contributed by atoms with van der Waals surface area (Å²) in [7, 11) is 0. The zero-order valence-corrected chi connectivity index (χ0v) is 12.6. The highest BCUT2D eigenvalue weighted by Crippen LogP contribution is 2.20. The second kappa shape index (κ2) is 6.68. The van der Waals surface area contributed by atoms with Gasteiger partial charge in [-0.1, -0.05) is 27.7 Å². The maximum atomic E-state index is 12.0. The number of carbonyl (C=O) groups is 1. The van der Waals surface area contributed by atoms with Crippen LogP contribution in [0.15, 0.2) is 52.4 Å². The van der Waals surface area contributed by atoms with E-state index >= 15 is 0 Å². The van der Waals surface area contributed by atoms with Gasteiger partial charge in [0.05, 0.1) is 5.25 Å². The minimum Gasteiger partial charge on any atom is -0.325 e. The van der Waals surface area contributed by atoms with Gasteiger partial charge in [-0.25, -0.2) is 9.97 Å². The monoisotopic (exact) mass is 337 g/mol. The van der Waals surface area contributed by atoms with Crippen LogP contribution in [0.25, 0.3) is 0 Å². The maximum absolute atomic E-state index is 12.0. The largest absolute Gasteiger partial charge is 0.325 e. The number of amides is 1. The number of anilines is 1. The van der Waals surface area contributed by atoms with Crippen molar-refractivity contribution in [3.8, 4) is 0 Å². The van der Waals surface area contributed by atoms with Gasteiger partial charge in [-0.05, 0) is 37.3 Å². The van der Waals surface area contributed by atoms with Crippen LogP contribution in [-0.2, 0) is 4.79 Å². The van der Waals surface area contributed by atoms with E-state index in [1.165, 1.54) is 11.8 Å². The van der Waals surface area contributed by atoms with Crippen LogP contribution in [0.2, 0.25) is 0 Å². The Morgan fingerprint density at radius 1 is 1.26 bits per heavy atom. The van der Waals surface area contributed by atoms with Crippen molar-refractivity contribution in [2.75, 3.05) is 5.32 Å². The standard InChI is InChI=1S/C13H12BrN3OS/c1-9(19-13-15-7-2-8-16-13)12(18)17-11-5-3-10(14)4-6-11/h2-9H,1H3,(H,17,18)/t9-/m1/s1. The second-order valence-corrected chi connectivity index (χ2v) is 6.01. The fourth-order valence-electron chi connectivity index (χ4n) is 1.34. The van der Waals surface area contributed by atoms with Crippen molar-refractivity contribution in [2.24, 2.45) is 0 Å². The fraction of sp³-hybridized carbons (Fsp3) is 0.154. The molecule has 1 heterocycles. The average molecular weight is 338 g/mol. The average Bonchev–Trinajstić information content (AvgIpc) is 2.42. The van der Waals surface area contributed by atoms with Gasteiger partial charge < -0.3 is 5.32 Å². The highest BCUT2D eigenvalue weighted by Gasteiger charge is 2.15. The fourth-order valence-corrected chi connectivity index (χ4v) is 2.32. The maximum Gasteiger partial charge on any atom is 0.237 e. The molecule has 2 aromatic rings. The molecule has 1 aromatic heterocycles. The summed E-state index contributed by atoms with van der Waals surface area (Å²) in [6, 6.07) is 9.20. The van der Waals surface area contributed by atoms with Crippen LogP contribution in [-0.4, -0.2) is 21.1 Å². The number of nitrogens with one attached hydrogen (secondary N) is 1. The summed E-state index contributed by atoms with van der Waals surface area (Å²) in [5.41, 5.74) is 0.773. The molecule has 0 aliphatic carbocycles. The smallest absolute Gasteiger partial charge is 0.237 e. The Labute approximate surface area is 124 Å². The Hall–Kier alpha value is -1.40. The molecule has 0 aliphatic heterocycles. The van der Waals surface area contributed by atoms with Crippen LogP contribution in [0.4, 0.5) is 5.69 Å². The molecule has 4 nitrogen and oxygen atoms in total. The third-order valence-electron chi connectivity index (χ3n) is 2.31. The molecule has 1 amide bonds. The summed E-state index contributed by atoms with van der Waals surface area (Å²) in [5.74, 6) is -0.0697. The number of hydrogen-bond donors (Lipinski definition) is 1. The van der Waals surface area contributed by atoms with E-state index in [2.05, 4.69) is 31.2 Å². The summed E-state index contributed by atoms with van der Waals surface area (Å²) < 4.78 is 0.977. The molecule has 0 unspecified atom stereocenters. The third kappa shape index (κ3) is 4.33. The van der Waals surface area contributed by atoms with Crippen molar-refractivity contribution in [3.63, 3.8) is 0 Å². The van der Waals surface area contributed by atoms with Crippen LogP contribution in [0.1, 0.15) is 6.92 Å². The first-order chi connectivity index (χ1) is 9.15. The van der Waals surface area contributed by atoms with Gasteiger partial charge in [0.2, 0.25) is 5.91 Å². The second-order valence-electron chi connectivity index (χ2n) is 3.79. The predicted octanol–water partition coefficient (Wildman–Crippen LogP) is 3.36. The number of aromatic nitrogens is 2. The molecule has 0 bridgehead atoms. The first-order valence-corrected chi connectivity index (χ1v) is 7.32. The molecule has 1 N–H and O–H groups in total. The Kier molecular flexibility index (Phi) is 4.93. The van der Waals surface area contributed by atoms with Gasteiger partial charge in [0, 0.05) is 22.6 Å². The van der Waals surface area contributed by atoms with Gasteiger partial charge in [-0.15, -0.1) is 0 Å². The van der Waals surface area contributed by atoms with E-state index in [4.69, 9.17) is 0 Å². The molecule has 98 valence electrons. The van der Waals surface area contributed by atoms with E-state index in [-0.39, 0.29) is 11.2 Å². The summed E-state index contributed by atoms with van der Waals surface area (Å²) >= 11 is 4.68. The van der Waals surface area contributed by atoms with Gasteiger partial charge in [0.15, 0.2) is 5.16 Å². The minimum absolute atomic E-state index is 0.0697. The summed E-state index contributed by atoms with van der Waals surface area (Å²) in [6.07, 6.45) is 3.32. The van der Waals surface area contributed by atoms with Crippen molar-refractivity contribution < 1.29 is 4.79 Å². The topological polar surface area (TPSA) is 54.9 Å². The van der Waals surface area contributed by atoms with Crippen molar-refractivity contribution in [1.82, 2.24) is 9.97 Å². The van der Waals surface area contributed by atoms with Crippen LogP contribution in [0.5, 0.6) is 0 Å². The molecule has 0 radical (unpaired) electrons. The van der Waals surface area contributed by atoms with E-state index < -0.39 is 0 Å². The van der Waals surface area contributed by atoms with Crippen LogP contribution in [0, 0.1) is 0 Å². The molecule has 0 saturated heterocycles. The van der Waals surface area contributed by atoms with Gasteiger partial charge in [0.1, 0.15) is 0 Å². The van der Waals surface area contributed by atoms with E-state index in [0.29, 0.717) is 5.16 Å². The summed E-state index contributed by atoms with van der Waals surface area (Å²) in [6.45, 7) is 1.83. The number of hydrogen-bond acceptors (Lipinski definition) is 4. The Morgan fingerprint density at radius 3 is 2.53 bits per heavy atom. The van der Waals surface area contributed by atoms with Gasteiger partial charge in [0.25, 0.3) is 0 Å². The first kappa shape index (κ1) is 14.0. The van der Waals surface area contributed by atoms with E-state index in [9.17, 15) is 4.79 Å². The zero-order chi connectivity index (χ0) is 13.7. The van der Waals surface area contributed by atoms with Crippen molar-refractivity contribution in [3.05, 3.63) is 47.2 Å². The summed E-state index contributed by atoms with van der Waals surface area (Å²) in [5, 5.41) is 3.19. The lowest BCUT2D eigenvalue weighted by Crippen LogP contribution is -2.22. The molecule has 1 aromatic carbocycles. The highest BCUT2D eigenvalue weighted by atomic mass is 79.9. The molecule has 2 rings (SSSR count). The molecule has 0 fully saturated rings. The molecular weight excluding hydrogens is 326 g/mol. The van der Waals surface area contributed by atoms with Crippen LogP contribution >= 0.6 is 27.7 Å². The van der Waals surface area contributed by atoms with Crippen molar-refractivity contribution >= 4 is 39.3 Å². The SMILES string of the molecule is C[C@@H](Sc1ncccn1)C(=O)Nc1ccc(Br)cc1. The van der Waals surface area contributed by atoms with E-state index in [0.717, 1.165) is 10.2 Å². The number of carbonyl (C=O) groups excluding carboxylic acids is 1. The predicted molar refractivity (Wildman–Crippen MR) is 80.1 cm³/mol. The molecule has 1 atom stereocenters. The number of benzene rings is 1. The summed E-state index contributed by atoms with van der Waals surface area (Å²) in [4.78, 5) is 20.2. The van der Waals surface area contributed by atoms with Gasteiger partial charge >= 0.3 is 0 Å². The number of thioether (sulfide) groups is 1. The molecule has 6 heteroatoms. The van der Waals surface area contributed by atoms with Crippen molar-refractivity contribution in [2.45, 2.75) is 17.3 Å². The van der Waals surface area contributed by atoms with Crippen LogP contribution in [0.3, 0.4) is 0 Å². The highest BCUT2D eigenvalue weighted by molar-refractivity contribution is 9.10. The molecule has 0 saturated carbocycles. The Morgan fingerprint density at radius 2 is 1.89 bits per heavy atom. The normalized spacial score (nSPS) is 11.9. The van der Waals surface area contributed by atoms with E-state index in [1.54, 1.807) is 18.5 Å². The molecule has 0 spiro atoms. The number of halogens is 1. The van der Waals surface area contributed by atoms with Crippen molar-refractivity contribution in [1.29, 1.82) is 0 Å². The van der Waals surface area contributed by atoms with Crippen LogP contribution < -0.4 is 5.32 Å². The Balaban J connectivity index is 1.94. The minimum atomic E-state index is -0.258. The van der Waals surface area contributed by atoms with E-state index in [1.807, 2.05) is 31.2 Å². The lowest BCUT2D eigenvalue weighted by atomic mass is 10.3. The quantitative estimate of drug-likeness (QED) is 0.686. The Bertz CT molecular complexity index is 548. The zero-order valence-electron chi connectivity index (χ0n) is 10.2. The van der Waals surface area contributed by atoms with Gasteiger partial charge in [-0.3, -0.25) is 4.79 Å². The number of nitrogens with zero attached hydrogens (tertiary/aromatic N) is 2. The third-order valence-corrected chi connectivity index (χ3v) is 3.82. The number of rotatable bonds is 4.